The van der Waals surface area contributed by atoms with E-state index < -0.39 is 12.2 Å². The van der Waals surface area contributed by atoms with Crippen LogP contribution in [0.2, 0.25) is 0 Å². The van der Waals surface area contributed by atoms with Gasteiger partial charge in [0.25, 0.3) is 5.91 Å². The Balaban J connectivity index is 2.08. The first-order valence-electron chi connectivity index (χ1n) is 10.2. The highest BCUT2D eigenvalue weighted by atomic mass is 16.6. The number of benzene rings is 3. The minimum atomic E-state index is -0.788. The molecule has 8 heteroatoms. The highest BCUT2D eigenvalue weighted by Gasteiger charge is 2.24. The molecule has 2 N–H and O–H groups in total. The Morgan fingerprint density at radius 1 is 0.875 bits per heavy atom. The summed E-state index contributed by atoms with van der Waals surface area (Å²) in [6.07, 6.45) is -1.55. The number of ether oxygens (including phenoxy) is 2. The van der Waals surface area contributed by atoms with E-state index in [1.165, 1.54) is 0 Å². The van der Waals surface area contributed by atoms with Gasteiger partial charge in [0.1, 0.15) is 0 Å². The number of aryl methyl sites for hydroxylation is 1. The maximum absolute atomic E-state index is 12.8. The molecule has 3 aromatic carbocycles. The van der Waals surface area contributed by atoms with Gasteiger partial charge in [-0.2, -0.15) is 5.01 Å². The third-order valence-corrected chi connectivity index (χ3v) is 4.66. The van der Waals surface area contributed by atoms with Crippen LogP contribution in [0.3, 0.4) is 0 Å². The number of rotatable bonds is 5. The molecule has 0 saturated carbocycles. The van der Waals surface area contributed by atoms with E-state index in [0.29, 0.717) is 33.3 Å². The van der Waals surface area contributed by atoms with Crippen LogP contribution in [0.25, 0.3) is 10.8 Å². The van der Waals surface area contributed by atoms with E-state index in [2.05, 4.69) is 10.7 Å². The molecular formula is C24H25N3O5. The molecular weight excluding hydrogens is 410 g/mol. The second-order valence-corrected chi connectivity index (χ2v) is 6.82. The van der Waals surface area contributed by atoms with Crippen molar-refractivity contribution in [2.24, 2.45) is 0 Å². The third-order valence-electron chi connectivity index (χ3n) is 4.66. The van der Waals surface area contributed by atoms with Gasteiger partial charge in [0.05, 0.1) is 24.6 Å². The molecule has 3 amide bonds. The van der Waals surface area contributed by atoms with Crippen LogP contribution >= 0.6 is 0 Å². The Bertz CT molecular complexity index is 1130. The van der Waals surface area contributed by atoms with Crippen molar-refractivity contribution >= 4 is 40.2 Å². The lowest BCUT2D eigenvalue weighted by molar-refractivity contribution is 0.102. The summed E-state index contributed by atoms with van der Waals surface area (Å²) in [5, 5.41) is 5.31. The molecule has 0 saturated heterocycles. The van der Waals surface area contributed by atoms with Crippen molar-refractivity contribution in [2.75, 3.05) is 23.5 Å². The molecule has 8 nitrogen and oxygen atoms in total. The fourth-order valence-electron chi connectivity index (χ4n) is 3.26. The lowest BCUT2D eigenvalue weighted by Gasteiger charge is -2.25. The van der Waals surface area contributed by atoms with Gasteiger partial charge in [0.2, 0.25) is 0 Å². The fourth-order valence-corrected chi connectivity index (χ4v) is 3.26. The average molecular weight is 435 g/mol. The second kappa shape index (κ2) is 10.3. The molecule has 3 rings (SSSR count). The summed E-state index contributed by atoms with van der Waals surface area (Å²) in [5.41, 5.74) is 4.66. The first kappa shape index (κ1) is 22.6. The van der Waals surface area contributed by atoms with Crippen molar-refractivity contribution in [2.45, 2.75) is 20.8 Å². The molecule has 0 atom stereocenters. The number of nitrogens with zero attached hydrogens (tertiary/aromatic N) is 1. The zero-order chi connectivity index (χ0) is 23.1. The van der Waals surface area contributed by atoms with Crippen LogP contribution in [0, 0.1) is 6.92 Å². The molecule has 3 aromatic rings. The van der Waals surface area contributed by atoms with Gasteiger partial charge in [-0.15, -0.1) is 0 Å². The van der Waals surface area contributed by atoms with Gasteiger partial charge >= 0.3 is 12.2 Å². The molecule has 0 bridgehead atoms. The summed E-state index contributed by atoms with van der Waals surface area (Å²) in [7, 11) is 0. The van der Waals surface area contributed by atoms with E-state index >= 15 is 0 Å². The van der Waals surface area contributed by atoms with Gasteiger partial charge in [-0.1, -0.05) is 42.5 Å². The van der Waals surface area contributed by atoms with Crippen LogP contribution < -0.4 is 15.8 Å². The predicted octanol–water partition coefficient (Wildman–Crippen LogP) is 5.02. The quantitative estimate of drug-likeness (QED) is 0.548. The SMILES string of the molecule is CCOC(=O)NN(C(=O)OCC)c1cc(C)c(NC(=O)c2ccccc2)c2ccccc12. The fraction of sp³-hybridized carbons (Fsp3) is 0.208. The normalized spacial score (nSPS) is 10.3. The van der Waals surface area contributed by atoms with E-state index in [4.69, 9.17) is 9.47 Å². The number of anilines is 2. The minimum Gasteiger partial charge on any atom is -0.449 e. The van der Waals surface area contributed by atoms with Gasteiger partial charge in [-0.3, -0.25) is 4.79 Å². The number of amides is 3. The van der Waals surface area contributed by atoms with Gasteiger partial charge in [0, 0.05) is 16.3 Å². The van der Waals surface area contributed by atoms with Crippen LogP contribution in [0.15, 0.2) is 60.7 Å². The lowest BCUT2D eigenvalue weighted by atomic mass is 10.0. The van der Waals surface area contributed by atoms with Crippen molar-refractivity contribution in [3.05, 3.63) is 71.8 Å². The van der Waals surface area contributed by atoms with Crippen LogP contribution in [-0.4, -0.2) is 31.3 Å². The van der Waals surface area contributed by atoms with E-state index in [0.717, 1.165) is 5.01 Å². The maximum Gasteiger partial charge on any atom is 0.433 e. The smallest absolute Gasteiger partial charge is 0.433 e. The number of nitrogens with one attached hydrogen (secondary N) is 2. The second-order valence-electron chi connectivity index (χ2n) is 6.82. The van der Waals surface area contributed by atoms with Crippen LogP contribution in [0.5, 0.6) is 0 Å². The number of carbonyl (C=O) groups excluding carboxylic acids is 3. The first-order valence-corrected chi connectivity index (χ1v) is 10.2. The van der Waals surface area contributed by atoms with Crippen LogP contribution in [0.4, 0.5) is 21.0 Å². The Hall–Kier alpha value is -4.07. The number of hydrogen-bond acceptors (Lipinski definition) is 5. The first-order chi connectivity index (χ1) is 15.5. The molecule has 0 fully saturated rings. The third kappa shape index (κ3) is 4.97. The van der Waals surface area contributed by atoms with Crippen molar-refractivity contribution in [3.63, 3.8) is 0 Å². The maximum atomic E-state index is 12.8. The van der Waals surface area contributed by atoms with Gasteiger partial charge < -0.3 is 14.8 Å². The topological polar surface area (TPSA) is 97.0 Å². The Morgan fingerprint density at radius 3 is 2.16 bits per heavy atom. The number of carbonyl (C=O) groups is 3. The molecule has 0 aromatic heterocycles. The predicted molar refractivity (Wildman–Crippen MR) is 123 cm³/mol. The lowest BCUT2D eigenvalue weighted by Crippen LogP contribution is -2.47. The molecule has 0 aliphatic carbocycles. The van der Waals surface area contributed by atoms with E-state index in [-0.39, 0.29) is 19.1 Å². The number of fused-ring (bicyclic) bond motifs is 1. The summed E-state index contributed by atoms with van der Waals surface area (Å²) in [6.45, 7) is 5.42. The Morgan fingerprint density at radius 2 is 1.50 bits per heavy atom. The molecule has 0 heterocycles. The largest absolute Gasteiger partial charge is 0.449 e. The van der Waals surface area contributed by atoms with Gasteiger partial charge in [-0.05, 0) is 44.5 Å². The zero-order valence-electron chi connectivity index (χ0n) is 18.2. The molecule has 166 valence electrons. The van der Waals surface area contributed by atoms with Gasteiger partial charge in [0.15, 0.2) is 0 Å². The van der Waals surface area contributed by atoms with Crippen molar-refractivity contribution in [1.29, 1.82) is 0 Å². The van der Waals surface area contributed by atoms with Gasteiger partial charge in [-0.25, -0.2) is 15.0 Å². The van der Waals surface area contributed by atoms with E-state index in [9.17, 15) is 14.4 Å². The summed E-state index contributed by atoms with van der Waals surface area (Å²) < 4.78 is 10.1. The van der Waals surface area contributed by atoms with Crippen LogP contribution in [0.1, 0.15) is 29.8 Å². The molecule has 0 aliphatic heterocycles. The van der Waals surface area contributed by atoms with Crippen molar-refractivity contribution in [1.82, 2.24) is 5.43 Å². The van der Waals surface area contributed by atoms with Crippen LogP contribution in [-0.2, 0) is 9.47 Å². The standard InChI is InChI=1S/C24H25N3O5/c1-4-31-23(29)26-27(24(30)32-5-2)20-15-16(3)21(19-14-10-9-13-18(19)20)25-22(28)17-11-7-6-8-12-17/h6-15H,4-5H2,1-3H3,(H,25,28)(H,26,29). The average Bonchev–Trinajstić information content (AvgIpc) is 2.80. The summed E-state index contributed by atoms with van der Waals surface area (Å²) >= 11 is 0. The Labute approximate surface area is 186 Å². The zero-order valence-corrected chi connectivity index (χ0v) is 18.2. The molecule has 0 radical (unpaired) electrons. The summed E-state index contributed by atoms with van der Waals surface area (Å²) in [4.78, 5) is 37.5. The molecule has 32 heavy (non-hydrogen) atoms. The molecule has 0 spiro atoms. The highest BCUT2D eigenvalue weighted by molar-refractivity contribution is 6.13. The van der Waals surface area contributed by atoms with Crippen molar-refractivity contribution in [3.8, 4) is 0 Å². The van der Waals surface area contributed by atoms with E-state index in [1.807, 2.05) is 25.1 Å². The summed E-state index contributed by atoms with van der Waals surface area (Å²) in [5.74, 6) is -0.251. The number of hydrazine groups is 1. The van der Waals surface area contributed by atoms with Crippen molar-refractivity contribution < 1.29 is 23.9 Å². The Kier molecular flexibility index (Phi) is 7.28. The summed E-state index contributed by atoms with van der Waals surface area (Å²) in [6, 6.07) is 17.8. The monoisotopic (exact) mass is 435 g/mol. The minimum absolute atomic E-state index is 0.127. The van der Waals surface area contributed by atoms with E-state index in [1.54, 1.807) is 56.3 Å². The molecule has 0 aliphatic rings. The molecule has 0 unspecified atom stereocenters. The highest BCUT2D eigenvalue weighted by Crippen LogP contribution is 2.35. The number of hydrogen-bond donors (Lipinski definition) is 2.